The van der Waals surface area contributed by atoms with Gasteiger partial charge < -0.3 is 10.1 Å². The Morgan fingerprint density at radius 1 is 1.19 bits per heavy atom. The van der Waals surface area contributed by atoms with Crippen LogP contribution < -0.4 is 10.1 Å². The molecule has 0 aliphatic heterocycles. The number of ketones is 1. The molecule has 0 bridgehead atoms. The predicted octanol–water partition coefficient (Wildman–Crippen LogP) is 2.73. The first-order chi connectivity index (χ1) is 13.0. The SMILES string of the molecule is CC(=O)c1cccc(OCC(=O)NC(C)c2ccc(-n3cncn3)cc2)c1. The summed E-state index contributed by atoms with van der Waals surface area (Å²) in [6.45, 7) is 3.27. The van der Waals surface area contributed by atoms with Crippen LogP contribution in [0.1, 0.15) is 35.8 Å². The summed E-state index contributed by atoms with van der Waals surface area (Å²) < 4.78 is 7.14. The van der Waals surface area contributed by atoms with Gasteiger partial charge in [0.15, 0.2) is 12.4 Å². The predicted molar refractivity (Wildman–Crippen MR) is 99.9 cm³/mol. The van der Waals surface area contributed by atoms with Crippen molar-refractivity contribution in [2.45, 2.75) is 19.9 Å². The van der Waals surface area contributed by atoms with E-state index in [0.717, 1.165) is 11.3 Å². The van der Waals surface area contributed by atoms with Crippen LogP contribution in [0.25, 0.3) is 5.69 Å². The Balaban J connectivity index is 1.54. The summed E-state index contributed by atoms with van der Waals surface area (Å²) in [5.74, 6) is 0.201. The minimum atomic E-state index is -0.240. The molecule has 0 fully saturated rings. The number of carbonyl (C=O) groups excluding carboxylic acids is 2. The van der Waals surface area contributed by atoms with Crippen molar-refractivity contribution < 1.29 is 14.3 Å². The number of amides is 1. The van der Waals surface area contributed by atoms with E-state index in [2.05, 4.69) is 15.4 Å². The largest absolute Gasteiger partial charge is 0.484 e. The highest BCUT2D eigenvalue weighted by molar-refractivity contribution is 5.94. The Bertz CT molecular complexity index is 921. The number of benzene rings is 2. The molecule has 0 radical (unpaired) electrons. The van der Waals surface area contributed by atoms with Crippen molar-refractivity contribution in [2.24, 2.45) is 0 Å². The second kappa shape index (κ2) is 8.27. The van der Waals surface area contributed by atoms with E-state index in [0.29, 0.717) is 11.3 Å². The summed E-state index contributed by atoms with van der Waals surface area (Å²) in [4.78, 5) is 27.5. The van der Waals surface area contributed by atoms with E-state index in [1.807, 2.05) is 31.2 Å². The first-order valence-corrected chi connectivity index (χ1v) is 8.51. The molecule has 0 saturated carbocycles. The number of hydrogen-bond donors (Lipinski definition) is 1. The molecule has 1 aromatic heterocycles. The van der Waals surface area contributed by atoms with Crippen LogP contribution in [-0.2, 0) is 4.79 Å². The molecule has 7 heteroatoms. The van der Waals surface area contributed by atoms with Gasteiger partial charge in [-0.3, -0.25) is 9.59 Å². The quantitative estimate of drug-likeness (QED) is 0.652. The lowest BCUT2D eigenvalue weighted by Gasteiger charge is -2.15. The van der Waals surface area contributed by atoms with E-state index >= 15 is 0 Å². The Hall–Kier alpha value is -3.48. The van der Waals surface area contributed by atoms with Crippen LogP contribution in [0.3, 0.4) is 0 Å². The second-order valence-electron chi connectivity index (χ2n) is 6.09. The summed E-state index contributed by atoms with van der Waals surface area (Å²) in [6, 6.07) is 14.3. The highest BCUT2D eigenvalue weighted by Gasteiger charge is 2.11. The summed E-state index contributed by atoms with van der Waals surface area (Å²) in [5.41, 5.74) is 2.41. The number of nitrogens with zero attached hydrogens (tertiary/aromatic N) is 3. The van der Waals surface area contributed by atoms with Crippen molar-refractivity contribution in [1.29, 1.82) is 0 Å². The van der Waals surface area contributed by atoms with Crippen LogP contribution in [-0.4, -0.2) is 33.1 Å². The molecule has 1 N–H and O–H groups in total. The van der Waals surface area contributed by atoms with E-state index in [9.17, 15) is 9.59 Å². The summed E-state index contributed by atoms with van der Waals surface area (Å²) in [7, 11) is 0. The number of aromatic nitrogens is 3. The Morgan fingerprint density at radius 3 is 2.63 bits per heavy atom. The van der Waals surface area contributed by atoms with Crippen molar-refractivity contribution >= 4 is 11.7 Å². The molecule has 1 atom stereocenters. The minimum absolute atomic E-state index is 0.0483. The average molecular weight is 364 g/mol. The maximum absolute atomic E-state index is 12.1. The smallest absolute Gasteiger partial charge is 0.258 e. The van der Waals surface area contributed by atoms with Gasteiger partial charge in [0.25, 0.3) is 5.91 Å². The van der Waals surface area contributed by atoms with Gasteiger partial charge in [0, 0.05) is 5.56 Å². The van der Waals surface area contributed by atoms with E-state index in [1.165, 1.54) is 13.3 Å². The standard InChI is InChI=1S/C20H20N4O3/c1-14(16-6-8-18(9-7-16)24-13-21-12-22-24)23-20(26)11-27-19-5-3-4-17(10-19)15(2)25/h3-10,12-14H,11H2,1-2H3,(H,23,26). The first kappa shape index (κ1) is 18.3. The normalized spacial score (nSPS) is 11.6. The molecule has 0 spiro atoms. The minimum Gasteiger partial charge on any atom is -0.484 e. The van der Waals surface area contributed by atoms with E-state index < -0.39 is 0 Å². The molecule has 1 unspecified atom stereocenters. The van der Waals surface area contributed by atoms with Crippen molar-refractivity contribution in [1.82, 2.24) is 20.1 Å². The molecule has 3 rings (SSSR count). The zero-order valence-electron chi connectivity index (χ0n) is 15.1. The zero-order chi connectivity index (χ0) is 19.2. The maximum Gasteiger partial charge on any atom is 0.258 e. The fourth-order valence-electron chi connectivity index (χ4n) is 2.58. The molecule has 0 saturated heterocycles. The summed E-state index contributed by atoms with van der Waals surface area (Å²) in [6.07, 6.45) is 3.10. The summed E-state index contributed by atoms with van der Waals surface area (Å²) in [5, 5.41) is 6.97. The fourth-order valence-corrected chi connectivity index (χ4v) is 2.58. The number of Topliss-reactive ketones (excluding diaryl/α,β-unsaturated/α-hetero) is 1. The number of carbonyl (C=O) groups is 2. The Labute approximate surface area is 157 Å². The van der Waals surface area contributed by atoms with Crippen molar-refractivity contribution in [3.05, 3.63) is 72.3 Å². The topological polar surface area (TPSA) is 86.1 Å². The molecule has 1 amide bonds. The van der Waals surface area contributed by atoms with Crippen LogP contribution in [0.4, 0.5) is 0 Å². The van der Waals surface area contributed by atoms with E-state index in [1.54, 1.807) is 35.3 Å². The molecule has 138 valence electrons. The number of hydrogen-bond acceptors (Lipinski definition) is 5. The summed E-state index contributed by atoms with van der Waals surface area (Å²) >= 11 is 0. The van der Waals surface area contributed by atoms with Gasteiger partial charge in [0.2, 0.25) is 0 Å². The van der Waals surface area contributed by atoms with Crippen LogP contribution >= 0.6 is 0 Å². The van der Waals surface area contributed by atoms with Crippen molar-refractivity contribution in [2.75, 3.05) is 6.61 Å². The van der Waals surface area contributed by atoms with Crippen LogP contribution in [0.2, 0.25) is 0 Å². The van der Waals surface area contributed by atoms with Crippen molar-refractivity contribution in [3.63, 3.8) is 0 Å². The van der Waals surface area contributed by atoms with Gasteiger partial charge in [-0.1, -0.05) is 24.3 Å². The van der Waals surface area contributed by atoms with Gasteiger partial charge in [-0.2, -0.15) is 5.10 Å². The molecule has 1 heterocycles. The molecule has 2 aromatic carbocycles. The van der Waals surface area contributed by atoms with Crippen molar-refractivity contribution in [3.8, 4) is 11.4 Å². The lowest BCUT2D eigenvalue weighted by atomic mass is 10.1. The van der Waals surface area contributed by atoms with Gasteiger partial charge >= 0.3 is 0 Å². The fraction of sp³-hybridized carbons (Fsp3) is 0.200. The van der Waals surface area contributed by atoms with Crippen LogP contribution in [0, 0.1) is 0 Å². The van der Waals surface area contributed by atoms with E-state index in [4.69, 9.17) is 4.74 Å². The lowest BCUT2D eigenvalue weighted by molar-refractivity contribution is -0.123. The molecule has 27 heavy (non-hydrogen) atoms. The molecule has 0 aliphatic carbocycles. The van der Waals surface area contributed by atoms with Gasteiger partial charge in [-0.25, -0.2) is 9.67 Å². The van der Waals surface area contributed by atoms with Gasteiger partial charge in [0.05, 0.1) is 11.7 Å². The molecule has 0 aliphatic rings. The van der Waals surface area contributed by atoms with E-state index in [-0.39, 0.29) is 24.3 Å². The highest BCUT2D eigenvalue weighted by atomic mass is 16.5. The van der Waals surface area contributed by atoms with Crippen LogP contribution in [0.15, 0.2) is 61.2 Å². The number of rotatable bonds is 7. The number of ether oxygens (including phenoxy) is 1. The third-order valence-electron chi connectivity index (χ3n) is 4.06. The lowest BCUT2D eigenvalue weighted by Crippen LogP contribution is -2.31. The first-order valence-electron chi connectivity index (χ1n) is 8.51. The highest BCUT2D eigenvalue weighted by Crippen LogP contribution is 2.16. The van der Waals surface area contributed by atoms with Gasteiger partial charge in [0.1, 0.15) is 18.4 Å². The molecular formula is C20H20N4O3. The molecular weight excluding hydrogens is 344 g/mol. The maximum atomic E-state index is 12.1. The molecule has 3 aromatic rings. The average Bonchev–Trinajstić information content (AvgIpc) is 3.21. The second-order valence-corrected chi connectivity index (χ2v) is 6.09. The Kier molecular flexibility index (Phi) is 5.61. The third kappa shape index (κ3) is 4.78. The van der Waals surface area contributed by atoms with Gasteiger partial charge in [-0.15, -0.1) is 0 Å². The Morgan fingerprint density at radius 2 is 1.96 bits per heavy atom. The molecule has 7 nitrogen and oxygen atoms in total. The van der Waals surface area contributed by atoms with Gasteiger partial charge in [-0.05, 0) is 43.7 Å². The monoisotopic (exact) mass is 364 g/mol. The van der Waals surface area contributed by atoms with Crippen LogP contribution in [0.5, 0.6) is 5.75 Å². The third-order valence-corrected chi connectivity index (χ3v) is 4.06. The zero-order valence-corrected chi connectivity index (χ0v) is 15.1. The number of nitrogens with one attached hydrogen (secondary N) is 1.